The number of rotatable bonds is 9. The normalized spacial score (nSPS) is 12.1. The van der Waals surface area contributed by atoms with E-state index < -0.39 is 0 Å². The van der Waals surface area contributed by atoms with Gasteiger partial charge in [-0.1, -0.05) is 43.2 Å². The minimum Gasteiger partial charge on any atom is -0.295 e. The zero-order valence-electron chi connectivity index (χ0n) is 10.6. The van der Waals surface area contributed by atoms with Crippen molar-refractivity contribution in [3.05, 3.63) is 36.5 Å². The van der Waals surface area contributed by atoms with Crippen LogP contribution in [-0.4, -0.2) is 5.78 Å². The van der Waals surface area contributed by atoms with Crippen molar-refractivity contribution in [2.24, 2.45) is 0 Å². The molecule has 90 valence electrons. The van der Waals surface area contributed by atoms with E-state index in [0.717, 1.165) is 6.42 Å². The zero-order chi connectivity index (χ0) is 12.1. The Labute approximate surface area is 99.9 Å². The summed E-state index contributed by atoms with van der Waals surface area (Å²) in [6.45, 7) is 3.63. The van der Waals surface area contributed by atoms with Crippen LogP contribution in [-0.2, 0) is 4.79 Å². The van der Waals surface area contributed by atoms with Gasteiger partial charge in [-0.15, -0.1) is 0 Å². The molecular weight excluding hydrogens is 196 g/mol. The second-order valence-corrected chi connectivity index (χ2v) is 3.96. The lowest BCUT2D eigenvalue weighted by molar-refractivity contribution is -0.112. The van der Waals surface area contributed by atoms with E-state index in [4.69, 9.17) is 0 Å². The molecule has 1 nitrogen and oxygen atoms in total. The Bertz CT molecular complexity index is 246. The first-order valence-electron chi connectivity index (χ1n) is 6.22. The minimum atomic E-state index is 0.105. The van der Waals surface area contributed by atoms with Crippen molar-refractivity contribution in [1.29, 1.82) is 0 Å². The maximum atomic E-state index is 10.6. The molecule has 0 aromatic rings. The van der Waals surface area contributed by atoms with Crippen LogP contribution >= 0.6 is 0 Å². The van der Waals surface area contributed by atoms with Gasteiger partial charge in [-0.3, -0.25) is 4.79 Å². The lowest BCUT2D eigenvalue weighted by atomic mass is 10.1. The molecule has 0 heterocycles. The number of carbonyl (C=O) groups excluding carboxylic acids is 1. The third kappa shape index (κ3) is 12.9. The number of allylic oxidation sites excluding steroid dienone is 6. The van der Waals surface area contributed by atoms with Gasteiger partial charge >= 0.3 is 0 Å². The summed E-state index contributed by atoms with van der Waals surface area (Å²) in [5, 5.41) is 0. The monoisotopic (exact) mass is 220 g/mol. The topological polar surface area (TPSA) is 17.1 Å². The molecule has 0 saturated carbocycles. The predicted molar refractivity (Wildman–Crippen MR) is 71.5 cm³/mol. The molecule has 0 amide bonds. The first kappa shape index (κ1) is 14.9. The third-order valence-electron chi connectivity index (χ3n) is 2.31. The van der Waals surface area contributed by atoms with Gasteiger partial charge in [0.15, 0.2) is 5.78 Å². The van der Waals surface area contributed by atoms with Crippen LogP contribution in [0.5, 0.6) is 0 Å². The van der Waals surface area contributed by atoms with Crippen molar-refractivity contribution in [2.45, 2.75) is 52.4 Å². The van der Waals surface area contributed by atoms with Crippen molar-refractivity contribution in [3.63, 3.8) is 0 Å². The Morgan fingerprint density at radius 2 is 1.56 bits per heavy atom. The highest BCUT2D eigenvalue weighted by atomic mass is 16.1. The van der Waals surface area contributed by atoms with Crippen LogP contribution in [0.3, 0.4) is 0 Å². The molecule has 0 radical (unpaired) electrons. The predicted octanol–water partition coefficient (Wildman–Crippen LogP) is 4.60. The number of ketones is 1. The molecule has 0 aromatic heterocycles. The SMILES string of the molecule is C/C=C/CCCCCC/C=C/C=C/C(C)=O. The van der Waals surface area contributed by atoms with Gasteiger partial charge in [0.25, 0.3) is 0 Å². The molecule has 0 aromatic carbocycles. The first-order valence-corrected chi connectivity index (χ1v) is 6.22. The van der Waals surface area contributed by atoms with Crippen LogP contribution in [0.15, 0.2) is 36.5 Å². The van der Waals surface area contributed by atoms with Crippen molar-refractivity contribution in [2.75, 3.05) is 0 Å². The van der Waals surface area contributed by atoms with Crippen molar-refractivity contribution in [3.8, 4) is 0 Å². The summed E-state index contributed by atoms with van der Waals surface area (Å²) in [5.74, 6) is 0.105. The van der Waals surface area contributed by atoms with Crippen LogP contribution in [0.25, 0.3) is 0 Å². The van der Waals surface area contributed by atoms with Gasteiger partial charge in [-0.25, -0.2) is 0 Å². The Hall–Kier alpha value is -1.11. The lowest BCUT2D eigenvalue weighted by Gasteiger charge is -1.96. The Kier molecular flexibility index (Phi) is 11.1. The minimum absolute atomic E-state index is 0.105. The molecular formula is C15H24O. The molecule has 16 heavy (non-hydrogen) atoms. The van der Waals surface area contributed by atoms with Crippen molar-refractivity contribution < 1.29 is 4.79 Å². The second-order valence-electron chi connectivity index (χ2n) is 3.96. The highest BCUT2D eigenvalue weighted by Gasteiger charge is 1.86. The molecule has 0 aliphatic carbocycles. The molecule has 1 heteroatoms. The Morgan fingerprint density at radius 3 is 2.12 bits per heavy atom. The van der Waals surface area contributed by atoms with Crippen LogP contribution in [0, 0.1) is 0 Å². The summed E-state index contributed by atoms with van der Waals surface area (Å²) in [6.07, 6.45) is 19.4. The molecule has 0 bridgehead atoms. The van der Waals surface area contributed by atoms with Gasteiger partial charge in [0.2, 0.25) is 0 Å². The smallest absolute Gasteiger partial charge is 0.152 e. The fourth-order valence-electron chi connectivity index (χ4n) is 1.41. The quantitative estimate of drug-likeness (QED) is 0.240. The molecule has 0 aliphatic rings. The molecule has 0 rings (SSSR count). The molecule has 0 saturated heterocycles. The molecule has 0 N–H and O–H groups in total. The van der Waals surface area contributed by atoms with E-state index in [0.29, 0.717) is 0 Å². The summed E-state index contributed by atoms with van der Waals surface area (Å²) in [7, 11) is 0. The summed E-state index contributed by atoms with van der Waals surface area (Å²) in [6, 6.07) is 0. The molecule has 0 atom stereocenters. The van der Waals surface area contributed by atoms with Crippen LogP contribution in [0.1, 0.15) is 52.4 Å². The maximum absolute atomic E-state index is 10.6. The van der Waals surface area contributed by atoms with E-state index >= 15 is 0 Å². The Balaban J connectivity index is 3.23. The molecule has 0 unspecified atom stereocenters. The van der Waals surface area contributed by atoms with Gasteiger partial charge in [0.05, 0.1) is 0 Å². The standard InChI is InChI=1S/C15H24O/c1-3-4-5-6-7-8-9-10-11-12-13-14-15(2)16/h3-4,11-14H,5-10H2,1-2H3/b4-3+,12-11+,14-13+. The lowest BCUT2D eigenvalue weighted by Crippen LogP contribution is -1.78. The van der Waals surface area contributed by atoms with Gasteiger partial charge in [0, 0.05) is 0 Å². The summed E-state index contributed by atoms with van der Waals surface area (Å²) in [4.78, 5) is 10.6. The van der Waals surface area contributed by atoms with Gasteiger partial charge < -0.3 is 0 Å². The fraction of sp³-hybridized carbons (Fsp3) is 0.533. The summed E-state index contributed by atoms with van der Waals surface area (Å²) >= 11 is 0. The largest absolute Gasteiger partial charge is 0.295 e. The maximum Gasteiger partial charge on any atom is 0.152 e. The first-order chi connectivity index (χ1) is 7.77. The number of hydrogen-bond acceptors (Lipinski definition) is 1. The van der Waals surface area contributed by atoms with Crippen molar-refractivity contribution >= 4 is 5.78 Å². The van der Waals surface area contributed by atoms with Gasteiger partial charge in [-0.05, 0) is 45.6 Å². The molecule has 0 fully saturated rings. The third-order valence-corrected chi connectivity index (χ3v) is 2.31. The van der Waals surface area contributed by atoms with E-state index in [9.17, 15) is 4.79 Å². The number of carbonyl (C=O) groups is 1. The van der Waals surface area contributed by atoms with Gasteiger partial charge in [-0.2, -0.15) is 0 Å². The molecule has 0 aliphatic heterocycles. The highest BCUT2D eigenvalue weighted by Crippen LogP contribution is 2.06. The number of unbranched alkanes of at least 4 members (excludes halogenated alkanes) is 5. The van der Waals surface area contributed by atoms with Crippen LogP contribution in [0.4, 0.5) is 0 Å². The van der Waals surface area contributed by atoms with E-state index in [2.05, 4.69) is 25.2 Å². The molecule has 0 spiro atoms. The van der Waals surface area contributed by atoms with E-state index in [-0.39, 0.29) is 5.78 Å². The van der Waals surface area contributed by atoms with Crippen molar-refractivity contribution in [1.82, 2.24) is 0 Å². The van der Waals surface area contributed by atoms with E-state index in [1.807, 2.05) is 12.2 Å². The zero-order valence-corrected chi connectivity index (χ0v) is 10.6. The average molecular weight is 220 g/mol. The Morgan fingerprint density at radius 1 is 0.938 bits per heavy atom. The number of hydrogen-bond donors (Lipinski definition) is 0. The summed E-state index contributed by atoms with van der Waals surface area (Å²) in [5.41, 5.74) is 0. The highest BCUT2D eigenvalue weighted by molar-refractivity contribution is 5.87. The van der Waals surface area contributed by atoms with E-state index in [1.54, 1.807) is 13.0 Å². The van der Waals surface area contributed by atoms with E-state index in [1.165, 1.54) is 32.1 Å². The average Bonchev–Trinajstić information content (AvgIpc) is 2.25. The summed E-state index contributed by atoms with van der Waals surface area (Å²) < 4.78 is 0. The van der Waals surface area contributed by atoms with Gasteiger partial charge in [0.1, 0.15) is 0 Å². The van der Waals surface area contributed by atoms with Crippen LogP contribution < -0.4 is 0 Å². The second kappa shape index (κ2) is 12.0. The fourth-order valence-corrected chi connectivity index (χ4v) is 1.41. The van der Waals surface area contributed by atoms with Crippen LogP contribution in [0.2, 0.25) is 0 Å².